The third kappa shape index (κ3) is 4.61. The Bertz CT molecular complexity index is 516. The summed E-state index contributed by atoms with van der Waals surface area (Å²) in [5.74, 6) is 0.350. The zero-order chi connectivity index (χ0) is 14.5. The van der Waals surface area contributed by atoms with Gasteiger partial charge in [-0.2, -0.15) is 0 Å². The van der Waals surface area contributed by atoms with Crippen LogP contribution >= 0.6 is 12.4 Å². The third-order valence-corrected chi connectivity index (χ3v) is 3.21. The Morgan fingerprint density at radius 3 is 2.67 bits per heavy atom. The lowest BCUT2D eigenvalue weighted by Gasteiger charge is -2.14. The summed E-state index contributed by atoms with van der Waals surface area (Å²) in [6.07, 6.45) is 0.833. The number of carbonyl (C=O) groups is 2. The average molecular weight is 314 g/mol. The largest absolute Gasteiger partial charge is 0.495 e. The van der Waals surface area contributed by atoms with Crippen molar-refractivity contribution >= 4 is 35.6 Å². The summed E-state index contributed by atoms with van der Waals surface area (Å²) in [4.78, 5) is 23.2. The minimum absolute atomic E-state index is 0. The molecule has 1 unspecified atom stereocenters. The van der Waals surface area contributed by atoms with Crippen LogP contribution in [0.5, 0.6) is 5.75 Å². The van der Waals surface area contributed by atoms with Crippen molar-refractivity contribution in [2.45, 2.75) is 13.3 Å². The summed E-state index contributed by atoms with van der Waals surface area (Å²) in [6, 6.07) is 5.14. The van der Waals surface area contributed by atoms with Crippen LogP contribution in [0.2, 0.25) is 0 Å². The molecule has 1 aromatic carbocycles. The molecular weight excluding hydrogens is 294 g/mol. The van der Waals surface area contributed by atoms with E-state index in [1.54, 1.807) is 25.3 Å². The second-order valence-corrected chi connectivity index (χ2v) is 4.78. The molecule has 1 aliphatic rings. The van der Waals surface area contributed by atoms with Gasteiger partial charge in [-0.05, 0) is 31.2 Å². The number of rotatable bonds is 4. The minimum atomic E-state index is -0.160. The molecule has 1 aliphatic heterocycles. The molecule has 0 aliphatic carbocycles. The quantitative estimate of drug-likeness (QED) is 0.789. The second kappa shape index (κ2) is 7.85. The lowest BCUT2D eigenvalue weighted by atomic mass is 10.1. The first-order valence-electron chi connectivity index (χ1n) is 6.57. The number of ether oxygens (including phenoxy) is 1. The SMILES string of the molecule is COc1ccc(NC(C)=O)cc1NC(=O)C1CCNC1.Cl. The Kier molecular flexibility index (Phi) is 6.45. The van der Waals surface area contributed by atoms with Gasteiger partial charge >= 0.3 is 0 Å². The molecule has 0 saturated carbocycles. The molecule has 6 nitrogen and oxygen atoms in total. The molecular formula is C14H20ClN3O3. The fourth-order valence-electron chi connectivity index (χ4n) is 2.20. The lowest BCUT2D eigenvalue weighted by molar-refractivity contribution is -0.119. The van der Waals surface area contributed by atoms with Crippen molar-refractivity contribution in [3.63, 3.8) is 0 Å². The molecule has 1 aromatic rings. The number of hydrogen-bond donors (Lipinski definition) is 3. The van der Waals surface area contributed by atoms with Gasteiger partial charge in [0.1, 0.15) is 5.75 Å². The van der Waals surface area contributed by atoms with Gasteiger partial charge in [0.2, 0.25) is 11.8 Å². The number of carbonyl (C=O) groups excluding carboxylic acids is 2. The molecule has 116 valence electrons. The van der Waals surface area contributed by atoms with E-state index in [-0.39, 0.29) is 30.1 Å². The van der Waals surface area contributed by atoms with Crippen LogP contribution in [-0.2, 0) is 9.59 Å². The van der Waals surface area contributed by atoms with Gasteiger partial charge in [-0.15, -0.1) is 12.4 Å². The number of nitrogens with one attached hydrogen (secondary N) is 3. The molecule has 7 heteroatoms. The van der Waals surface area contributed by atoms with E-state index in [1.165, 1.54) is 6.92 Å². The molecule has 2 rings (SSSR count). The fourth-order valence-corrected chi connectivity index (χ4v) is 2.20. The maximum absolute atomic E-state index is 12.1. The predicted molar refractivity (Wildman–Crippen MR) is 84.2 cm³/mol. The topological polar surface area (TPSA) is 79.5 Å². The number of amides is 2. The maximum atomic E-state index is 12.1. The van der Waals surface area contributed by atoms with Crippen molar-refractivity contribution in [1.82, 2.24) is 5.32 Å². The fraction of sp³-hybridized carbons (Fsp3) is 0.429. The van der Waals surface area contributed by atoms with E-state index < -0.39 is 0 Å². The molecule has 0 spiro atoms. The molecule has 1 fully saturated rings. The molecule has 0 bridgehead atoms. The number of methoxy groups -OCH3 is 1. The molecule has 0 radical (unpaired) electrons. The highest BCUT2D eigenvalue weighted by Gasteiger charge is 2.23. The predicted octanol–water partition coefficient (Wildman–Crippen LogP) is 1.62. The number of benzene rings is 1. The van der Waals surface area contributed by atoms with Crippen LogP contribution in [0.3, 0.4) is 0 Å². The maximum Gasteiger partial charge on any atom is 0.228 e. The van der Waals surface area contributed by atoms with Crippen molar-refractivity contribution in [1.29, 1.82) is 0 Å². The number of anilines is 2. The zero-order valence-electron chi connectivity index (χ0n) is 12.1. The van der Waals surface area contributed by atoms with Crippen LogP contribution in [0.25, 0.3) is 0 Å². The molecule has 1 saturated heterocycles. The second-order valence-electron chi connectivity index (χ2n) is 4.78. The van der Waals surface area contributed by atoms with Crippen molar-refractivity contribution in [2.75, 3.05) is 30.8 Å². The van der Waals surface area contributed by atoms with Gasteiger partial charge in [-0.1, -0.05) is 0 Å². The summed E-state index contributed by atoms with van der Waals surface area (Å²) in [5.41, 5.74) is 1.19. The van der Waals surface area contributed by atoms with E-state index in [0.717, 1.165) is 13.0 Å². The summed E-state index contributed by atoms with van der Waals surface area (Å²) < 4.78 is 5.23. The first-order valence-corrected chi connectivity index (χ1v) is 6.57. The van der Waals surface area contributed by atoms with Crippen LogP contribution < -0.4 is 20.7 Å². The highest BCUT2D eigenvalue weighted by molar-refractivity contribution is 5.96. The summed E-state index contributed by atoms with van der Waals surface area (Å²) in [6.45, 7) is 2.99. The molecule has 3 N–H and O–H groups in total. The lowest BCUT2D eigenvalue weighted by Crippen LogP contribution is -2.24. The average Bonchev–Trinajstić information content (AvgIpc) is 2.92. The minimum Gasteiger partial charge on any atom is -0.495 e. The molecule has 0 aromatic heterocycles. The van der Waals surface area contributed by atoms with E-state index in [2.05, 4.69) is 16.0 Å². The highest BCUT2D eigenvalue weighted by Crippen LogP contribution is 2.28. The Balaban J connectivity index is 0.00000220. The van der Waals surface area contributed by atoms with Gasteiger partial charge < -0.3 is 20.7 Å². The summed E-state index contributed by atoms with van der Waals surface area (Å²) >= 11 is 0. The Morgan fingerprint density at radius 2 is 2.10 bits per heavy atom. The van der Waals surface area contributed by atoms with Crippen molar-refractivity contribution in [2.24, 2.45) is 5.92 Å². The van der Waals surface area contributed by atoms with Crippen molar-refractivity contribution < 1.29 is 14.3 Å². The molecule has 1 atom stereocenters. The Labute approximate surface area is 130 Å². The highest BCUT2D eigenvalue weighted by atomic mass is 35.5. The summed E-state index contributed by atoms with van der Waals surface area (Å²) in [5, 5.41) is 8.70. The molecule has 1 heterocycles. The normalized spacial score (nSPS) is 16.8. The number of hydrogen-bond acceptors (Lipinski definition) is 4. The van der Waals surface area contributed by atoms with Gasteiger partial charge in [-0.25, -0.2) is 0 Å². The van der Waals surface area contributed by atoms with Crippen molar-refractivity contribution in [3.8, 4) is 5.75 Å². The Morgan fingerprint density at radius 1 is 1.33 bits per heavy atom. The summed E-state index contributed by atoms with van der Waals surface area (Å²) in [7, 11) is 1.54. The monoisotopic (exact) mass is 313 g/mol. The standard InChI is InChI=1S/C14H19N3O3.ClH/c1-9(18)16-11-3-4-13(20-2)12(7-11)17-14(19)10-5-6-15-8-10;/h3-4,7,10,15H,5-6,8H2,1-2H3,(H,16,18)(H,17,19);1H. The zero-order valence-corrected chi connectivity index (χ0v) is 12.9. The van der Waals surface area contributed by atoms with Crippen LogP contribution in [-0.4, -0.2) is 32.0 Å². The Hall–Kier alpha value is -1.79. The first kappa shape index (κ1) is 17.3. The van der Waals surface area contributed by atoms with Gasteiger partial charge in [0, 0.05) is 19.2 Å². The number of halogens is 1. The van der Waals surface area contributed by atoms with Gasteiger partial charge in [0.15, 0.2) is 0 Å². The van der Waals surface area contributed by atoms with Gasteiger partial charge in [0.25, 0.3) is 0 Å². The van der Waals surface area contributed by atoms with Gasteiger partial charge in [-0.3, -0.25) is 9.59 Å². The third-order valence-electron chi connectivity index (χ3n) is 3.21. The smallest absolute Gasteiger partial charge is 0.228 e. The first-order chi connectivity index (χ1) is 9.60. The van der Waals surface area contributed by atoms with Crippen molar-refractivity contribution in [3.05, 3.63) is 18.2 Å². The van der Waals surface area contributed by atoms with E-state index in [4.69, 9.17) is 4.74 Å². The van der Waals surface area contributed by atoms with Crippen LogP contribution in [0.1, 0.15) is 13.3 Å². The molecule has 2 amide bonds. The van der Waals surface area contributed by atoms with E-state index in [9.17, 15) is 9.59 Å². The van der Waals surface area contributed by atoms with E-state index in [1.807, 2.05) is 0 Å². The van der Waals surface area contributed by atoms with E-state index in [0.29, 0.717) is 23.7 Å². The van der Waals surface area contributed by atoms with Crippen LogP contribution in [0.15, 0.2) is 18.2 Å². The molecule has 21 heavy (non-hydrogen) atoms. The van der Waals surface area contributed by atoms with E-state index >= 15 is 0 Å². The van der Waals surface area contributed by atoms with Crippen LogP contribution in [0.4, 0.5) is 11.4 Å². The van der Waals surface area contributed by atoms with Crippen LogP contribution in [0, 0.1) is 5.92 Å². The van der Waals surface area contributed by atoms with Gasteiger partial charge in [0.05, 0.1) is 18.7 Å².